The first kappa shape index (κ1) is 28.8. The highest BCUT2D eigenvalue weighted by molar-refractivity contribution is 5.93. The van der Waals surface area contributed by atoms with Gasteiger partial charge in [-0.2, -0.15) is 0 Å². The molecule has 0 aromatic heterocycles. The lowest BCUT2D eigenvalue weighted by Gasteiger charge is -2.31. The molecule has 3 N–H and O–H groups in total. The van der Waals surface area contributed by atoms with Crippen LogP contribution in [-0.4, -0.2) is 46.1 Å². The minimum atomic E-state index is -1.18. The number of benzene rings is 1. The minimum absolute atomic E-state index is 0.0469. The van der Waals surface area contributed by atoms with Crippen LogP contribution in [0.2, 0.25) is 0 Å². The predicted octanol–water partition coefficient (Wildman–Crippen LogP) is 4.10. The Bertz CT molecular complexity index is 870. The largest absolute Gasteiger partial charge is 0.508 e. The molecule has 8 nitrogen and oxygen atoms in total. The predicted molar refractivity (Wildman–Crippen MR) is 132 cm³/mol. The number of terminal acetylenes is 1. The molecule has 8 heteroatoms. The number of carbonyl (C=O) groups excluding carboxylic acids is 3. The lowest BCUT2D eigenvalue weighted by molar-refractivity contribution is -0.138. The highest BCUT2D eigenvalue weighted by atomic mass is 16.6. The number of carbonyl (C=O) groups is 3. The molecule has 0 radical (unpaired) electrons. The van der Waals surface area contributed by atoms with E-state index in [1.807, 2.05) is 13.8 Å². The second kappa shape index (κ2) is 13.5. The van der Waals surface area contributed by atoms with Crippen LogP contribution in [0.15, 0.2) is 24.3 Å². The van der Waals surface area contributed by atoms with Crippen LogP contribution in [0.25, 0.3) is 0 Å². The standard InChI is InChI=1S/C26H39N3O5/c1-8-10-11-15-27-23(31)22(19-13-12-14-20(30)17-19)29(9-2)24(32)21(16-18(3)4)28-25(33)34-26(5,6)7/h2,12-14,17-18,21-22,30H,8,10-11,15-16H2,1,3-7H3,(H,27,31)(H,28,33). The van der Waals surface area contributed by atoms with Crippen LogP contribution in [0.1, 0.15) is 78.8 Å². The Hall–Kier alpha value is -3.21. The summed E-state index contributed by atoms with van der Waals surface area (Å²) < 4.78 is 5.31. The number of unbranched alkanes of at least 4 members (excludes halogenated alkanes) is 2. The quantitative estimate of drug-likeness (QED) is 0.255. The number of nitrogens with one attached hydrogen (secondary N) is 2. The smallest absolute Gasteiger partial charge is 0.408 e. The van der Waals surface area contributed by atoms with Crippen molar-refractivity contribution in [3.63, 3.8) is 0 Å². The fraction of sp³-hybridized carbons (Fsp3) is 0.577. The van der Waals surface area contributed by atoms with Crippen molar-refractivity contribution in [1.29, 1.82) is 0 Å². The third-order valence-corrected chi connectivity index (χ3v) is 4.84. The molecule has 0 saturated heterocycles. The summed E-state index contributed by atoms with van der Waals surface area (Å²) in [5.74, 6) is -1.09. The van der Waals surface area contributed by atoms with Crippen molar-refractivity contribution in [2.24, 2.45) is 5.92 Å². The van der Waals surface area contributed by atoms with Crippen LogP contribution in [0.3, 0.4) is 0 Å². The zero-order valence-electron chi connectivity index (χ0n) is 21.2. The van der Waals surface area contributed by atoms with Gasteiger partial charge in [0.05, 0.1) is 0 Å². The molecule has 0 fully saturated rings. The molecule has 0 aliphatic rings. The maximum Gasteiger partial charge on any atom is 0.408 e. The fourth-order valence-corrected chi connectivity index (χ4v) is 3.37. The van der Waals surface area contributed by atoms with E-state index in [9.17, 15) is 19.5 Å². The Morgan fingerprint density at radius 2 is 1.88 bits per heavy atom. The summed E-state index contributed by atoms with van der Waals surface area (Å²) in [6, 6.07) is 6.20. The third-order valence-electron chi connectivity index (χ3n) is 4.84. The van der Waals surface area contributed by atoms with Gasteiger partial charge in [-0.3, -0.25) is 14.5 Å². The van der Waals surface area contributed by atoms with E-state index in [-0.39, 0.29) is 11.7 Å². The number of amides is 3. The number of rotatable bonds is 11. The Kier molecular flexibility index (Phi) is 11.4. The molecule has 0 aliphatic carbocycles. The lowest BCUT2D eigenvalue weighted by atomic mass is 9.99. The Morgan fingerprint density at radius 3 is 2.41 bits per heavy atom. The molecule has 0 aliphatic heterocycles. The molecule has 2 unspecified atom stereocenters. The molecular weight excluding hydrogens is 434 g/mol. The average molecular weight is 474 g/mol. The molecule has 1 aromatic carbocycles. The molecule has 0 saturated carbocycles. The summed E-state index contributed by atoms with van der Waals surface area (Å²) in [7, 11) is 0. The molecule has 0 bridgehead atoms. The van der Waals surface area contributed by atoms with Gasteiger partial charge in [0.1, 0.15) is 23.4 Å². The van der Waals surface area contributed by atoms with Crippen LogP contribution in [0.5, 0.6) is 5.75 Å². The molecule has 34 heavy (non-hydrogen) atoms. The minimum Gasteiger partial charge on any atom is -0.508 e. The summed E-state index contributed by atoms with van der Waals surface area (Å²) >= 11 is 0. The van der Waals surface area contributed by atoms with E-state index < -0.39 is 35.6 Å². The van der Waals surface area contributed by atoms with E-state index in [0.29, 0.717) is 18.5 Å². The van der Waals surface area contributed by atoms with E-state index in [1.54, 1.807) is 32.9 Å². The lowest BCUT2D eigenvalue weighted by Crippen LogP contribution is -2.52. The zero-order chi connectivity index (χ0) is 25.9. The highest BCUT2D eigenvalue weighted by Gasteiger charge is 2.36. The maximum absolute atomic E-state index is 13.6. The van der Waals surface area contributed by atoms with E-state index in [1.165, 1.54) is 12.1 Å². The van der Waals surface area contributed by atoms with Gasteiger partial charge in [-0.15, -0.1) is 0 Å². The second-order valence-corrected chi connectivity index (χ2v) is 9.66. The first-order valence-electron chi connectivity index (χ1n) is 11.7. The third kappa shape index (κ3) is 9.74. The number of aromatic hydroxyl groups is 1. The van der Waals surface area contributed by atoms with Crippen molar-refractivity contribution >= 4 is 17.9 Å². The number of phenolic OH excluding ortho intramolecular Hbond substituents is 1. The number of phenols is 1. The zero-order valence-corrected chi connectivity index (χ0v) is 21.2. The van der Waals surface area contributed by atoms with Gasteiger partial charge in [0.15, 0.2) is 0 Å². The summed E-state index contributed by atoms with van der Waals surface area (Å²) in [6.45, 7) is 11.5. The summed E-state index contributed by atoms with van der Waals surface area (Å²) in [5.41, 5.74) is -0.385. The number of nitrogens with zero attached hydrogens (tertiary/aromatic N) is 1. The molecule has 3 amide bonds. The fourth-order valence-electron chi connectivity index (χ4n) is 3.37. The molecule has 2 atom stereocenters. The molecule has 0 heterocycles. The van der Waals surface area contributed by atoms with Gasteiger partial charge < -0.3 is 20.5 Å². The van der Waals surface area contributed by atoms with Crippen molar-refractivity contribution in [1.82, 2.24) is 15.5 Å². The van der Waals surface area contributed by atoms with Crippen molar-refractivity contribution < 1.29 is 24.2 Å². The Morgan fingerprint density at radius 1 is 1.21 bits per heavy atom. The van der Waals surface area contributed by atoms with Crippen LogP contribution < -0.4 is 10.6 Å². The van der Waals surface area contributed by atoms with Crippen molar-refractivity contribution in [3.05, 3.63) is 29.8 Å². The molecule has 1 rings (SSSR count). The summed E-state index contributed by atoms with van der Waals surface area (Å²) in [6.07, 6.45) is 8.01. The highest BCUT2D eigenvalue weighted by Crippen LogP contribution is 2.26. The molecule has 188 valence electrons. The van der Waals surface area contributed by atoms with Crippen molar-refractivity contribution in [2.75, 3.05) is 6.54 Å². The topological polar surface area (TPSA) is 108 Å². The monoisotopic (exact) mass is 473 g/mol. The van der Waals surface area contributed by atoms with Gasteiger partial charge in [0.25, 0.3) is 5.91 Å². The molecule has 1 aromatic rings. The molecule has 0 spiro atoms. The van der Waals surface area contributed by atoms with Crippen molar-refractivity contribution in [2.45, 2.75) is 84.9 Å². The SMILES string of the molecule is C#CN(C(=O)C(CC(C)C)NC(=O)OC(C)(C)C)C(C(=O)NCCCCC)c1cccc(O)c1. The van der Waals surface area contributed by atoms with Gasteiger partial charge in [0.2, 0.25) is 5.91 Å². The van der Waals surface area contributed by atoms with E-state index >= 15 is 0 Å². The van der Waals surface area contributed by atoms with Crippen LogP contribution in [0.4, 0.5) is 4.79 Å². The van der Waals surface area contributed by atoms with E-state index in [2.05, 4.69) is 23.6 Å². The van der Waals surface area contributed by atoms with Crippen molar-refractivity contribution in [3.8, 4) is 18.2 Å². The number of hydrogen-bond acceptors (Lipinski definition) is 5. The van der Waals surface area contributed by atoms with Crippen LogP contribution in [-0.2, 0) is 14.3 Å². The summed E-state index contributed by atoms with van der Waals surface area (Å²) in [5, 5.41) is 15.4. The Labute approximate surface area is 203 Å². The first-order chi connectivity index (χ1) is 15.9. The average Bonchev–Trinajstić information content (AvgIpc) is 2.72. The number of ether oxygens (including phenoxy) is 1. The number of hydrogen-bond donors (Lipinski definition) is 3. The Balaban J connectivity index is 3.28. The summed E-state index contributed by atoms with van der Waals surface area (Å²) in [4.78, 5) is 40.1. The van der Waals surface area contributed by atoms with Gasteiger partial charge in [-0.05, 0) is 57.2 Å². The van der Waals surface area contributed by atoms with Gasteiger partial charge >= 0.3 is 6.09 Å². The number of alkyl carbamates (subject to hydrolysis) is 1. The maximum atomic E-state index is 13.6. The van der Waals surface area contributed by atoms with Gasteiger partial charge in [-0.1, -0.05) is 52.2 Å². The molecular formula is C26H39N3O5. The van der Waals surface area contributed by atoms with Gasteiger partial charge in [-0.25, -0.2) is 4.79 Å². The van der Waals surface area contributed by atoms with E-state index in [0.717, 1.165) is 24.2 Å². The van der Waals surface area contributed by atoms with E-state index in [4.69, 9.17) is 11.2 Å². The first-order valence-corrected chi connectivity index (χ1v) is 11.7. The van der Waals surface area contributed by atoms with Gasteiger partial charge in [0, 0.05) is 12.6 Å². The van der Waals surface area contributed by atoms with Crippen LogP contribution in [0, 0.1) is 18.4 Å². The van der Waals surface area contributed by atoms with Crippen LogP contribution >= 0.6 is 0 Å². The normalized spacial score (nSPS) is 12.9. The second-order valence-electron chi connectivity index (χ2n) is 9.66.